The average Bonchev–Trinajstić information content (AvgIpc) is 2.28. The zero-order valence-corrected chi connectivity index (χ0v) is 10.7. The quantitative estimate of drug-likeness (QED) is 0.497. The molecule has 0 aromatic heterocycles. The molecule has 3 N–H and O–H groups in total. The second-order valence-corrected chi connectivity index (χ2v) is 4.08. The number of benzene rings is 1. The molecule has 0 unspecified atom stereocenters. The normalized spacial score (nSPS) is 12.4. The van der Waals surface area contributed by atoms with Crippen LogP contribution in [0.1, 0.15) is 12.5 Å². The summed E-state index contributed by atoms with van der Waals surface area (Å²) in [6, 6.07) is 6.61. The SMILES string of the molecule is C/C(N)=C(/C#N)C(=S)Nc1ccccc1C(F)(F)F. The Bertz CT molecular complexity index is 566. The third-order valence-corrected chi connectivity index (χ3v) is 2.52. The van der Waals surface area contributed by atoms with E-state index in [2.05, 4.69) is 5.32 Å². The molecule has 7 heteroatoms. The average molecular weight is 285 g/mol. The Labute approximate surface area is 113 Å². The predicted molar refractivity (Wildman–Crippen MR) is 70.2 cm³/mol. The molecule has 0 atom stereocenters. The van der Waals surface area contributed by atoms with E-state index in [4.69, 9.17) is 23.2 Å². The Balaban J connectivity index is 3.13. The van der Waals surface area contributed by atoms with Gasteiger partial charge in [-0.3, -0.25) is 0 Å². The number of para-hydroxylation sites is 1. The van der Waals surface area contributed by atoms with Crippen molar-refractivity contribution in [1.82, 2.24) is 0 Å². The molecule has 0 amide bonds. The summed E-state index contributed by atoms with van der Waals surface area (Å²) in [7, 11) is 0. The summed E-state index contributed by atoms with van der Waals surface area (Å²) < 4.78 is 38.3. The monoisotopic (exact) mass is 285 g/mol. The number of thiocarbonyl (C=S) groups is 1. The second-order valence-electron chi connectivity index (χ2n) is 3.67. The smallest absolute Gasteiger partial charge is 0.401 e. The minimum Gasteiger partial charge on any atom is -0.401 e. The van der Waals surface area contributed by atoms with Crippen LogP contribution in [0.5, 0.6) is 0 Å². The van der Waals surface area contributed by atoms with Crippen LogP contribution in [0.2, 0.25) is 0 Å². The number of alkyl halides is 3. The van der Waals surface area contributed by atoms with Crippen LogP contribution in [-0.4, -0.2) is 4.99 Å². The van der Waals surface area contributed by atoms with Gasteiger partial charge in [0, 0.05) is 5.70 Å². The molecule has 0 spiro atoms. The molecule has 0 saturated heterocycles. The first-order valence-corrected chi connectivity index (χ1v) is 5.52. The molecule has 19 heavy (non-hydrogen) atoms. The number of allylic oxidation sites excluding steroid dienone is 1. The topological polar surface area (TPSA) is 61.8 Å². The Hall–Kier alpha value is -2.07. The van der Waals surface area contributed by atoms with Crippen LogP contribution in [0.15, 0.2) is 35.5 Å². The van der Waals surface area contributed by atoms with Gasteiger partial charge in [-0.05, 0) is 19.1 Å². The fourth-order valence-electron chi connectivity index (χ4n) is 1.34. The van der Waals surface area contributed by atoms with Gasteiger partial charge in [-0.15, -0.1) is 0 Å². The van der Waals surface area contributed by atoms with Crippen molar-refractivity contribution in [1.29, 1.82) is 5.26 Å². The molecule has 0 aliphatic heterocycles. The van der Waals surface area contributed by atoms with Gasteiger partial charge in [-0.25, -0.2) is 0 Å². The van der Waals surface area contributed by atoms with E-state index in [0.717, 1.165) is 6.07 Å². The predicted octanol–water partition coefficient (Wildman–Crippen LogP) is 3.20. The summed E-state index contributed by atoms with van der Waals surface area (Å²) in [6.07, 6.45) is -4.51. The van der Waals surface area contributed by atoms with Gasteiger partial charge in [0.05, 0.1) is 11.3 Å². The number of nitrogens with one attached hydrogen (secondary N) is 1. The lowest BCUT2D eigenvalue weighted by Crippen LogP contribution is -2.18. The highest BCUT2D eigenvalue weighted by atomic mass is 32.1. The van der Waals surface area contributed by atoms with E-state index in [1.54, 1.807) is 6.07 Å². The van der Waals surface area contributed by atoms with Crippen molar-refractivity contribution in [3.05, 3.63) is 41.1 Å². The van der Waals surface area contributed by atoms with Crippen LogP contribution in [0.25, 0.3) is 0 Å². The maximum absolute atomic E-state index is 12.8. The van der Waals surface area contributed by atoms with Crippen LogP contribution in [0, 0.1) is 11.3 Å². The molecule has 0 radical (unpaired) electrons. The molecule has 1 aromatic carbocycles. The van der Waals surface area contributed by atoms with Crippen molar-refractivity contribution in [2.24, 2.45) is 5.73 Å². The second kappa shape index (κ2) is 5.71. The Morgan fingerprint density at radius 1 is 1.37 bits per heavy atom. The highest BCUT2D eigenvalue weighted by molar-refractivity contribution is 7.81. The molecule has 0 saturated carbocycles. The van der Waals surface area contributed by atoms with Gasteiger partial charge in [0.2, 0.25) is 0 Å². The van der Waals surface area contributed by atoms with Gasteiger partial charge in [0.15, 0.2) is 0 Å². The summed E-state index contributed by atoms with van der Waals surface area (Å²) in [5.74, 6) is 0. The largest absolute Gasteiger partial charge is 0.418 e. The highest BCUT2D eigenvalue weighted by Crippen LogP contribution is 2.34. The highest BCUT2D eigenvalue weighted by Gasteiger charge is 2.33. The maximum Gasteiger partial charge on any atom is 0.418 e. The third kappa shape index (κ3) is 3.69. The van der Waals surface area contributed by atoms with Crippen molar-refractivity contribution >= 4 is 22.9 Å². The van der Waals surface area contributed by atoms with Gasteiger partial charge in [-0.1, -0.05) is 24.4 Å². The minimum atomic E-state index is -4.51. The van der Waals surface area contributed by atoms with E-state index >= 15 is 0 Å². The summed E-state index contributed by atoms with van der Waals surface area (Å²) in [5.41, 5.74) is 4.46. The lowest BCUT2D eigenvalue weighted by molar-refractivity contribution is -0.136. The van der Waals surface area contributed by atoms with Crippen molar-refractivity contribution in [2.75, 3.05) is 5.32 Å². The van der Waals surface area contributed by atoms with Crippen molar-refractivity contribution in [2.45, 2.75) is 13.1 Å². The maximum atomic E-state index is 12.8. The minimum absolute atomic E-state index is 0.0491. The number of hydrogen-bond acceptors (Lipinski definition) is 3. The molecular weight excluding hydrogens is 275 g/mol. The van der Waals surface area contributed by atoms with Gasteiger partial charge in [0.1, 0.15) is 16.6 Å². The fraction of sp³-hybridized carbons (Fsp3) is 0.167. The van der Waals surface area contributed by atoms with E-state index in [1.165, 1.54) is 25.1 Å². The summed E-state index contributed by atoms with van der Waals surface area (Å²) in [4.78, 5) is -0.140. The standard InChI is InChI=1S/C12H10F3N3S/c1-7(17)8(6-16)11(19)18-10-5-3-2-4-9(10)12(13,14)15/h2-5H,17H2,1H3,(H,18,19)/b8-7+. The molecule has 1 aromatic rings. The third-order valence-electron chi connectivity index (χ3n) is 2.21. The van der Waals surface area contributed by atoms with E-state index in [-0.39, 0.29) is 21.9 Å². The molecule has 0 heterocycles. The zero-order valence-electron chi connectivity index (χ0n) is 9.88. The van der Waals surface area contributed by atoms with E-state index in [1.807, 2.05) is 0 Å². The number of hydrogen-bond donors (Lipinski definition) is 2. The van der Waals surface area contributed by atoms with E-state index in [9.17, 15) is 13.2 Å². The molecule has 0 aliphatic rings. The van der Waals surface area contributed by atoms with E-state index in [0.29, 0.717) is 0 Å². The van der Waals surface area contributed by atoms with Crippen molar-refractivity contribution in [3.63, 3.8) is 0 Å². The van der Waals surface area contributed by atoms with Crippen molar-refractivity contribution < 1.29 is 13.2 Å². The number of nitrogens with two attached hydrogens (primary N) is 1. The molecule has 1 rings (SSSR count). The Kier molecular flexibility index (Phi) is 4.51. The molecule has 100 valence electrons. The number of nitrogens with zero attached hydrogens (tertiary/aromatic N) is 1. The first-order valence-electron chi connectivity index (χ1n) is 5.11. The lowest BCUT2D eigenvalue weighted by atomic mass is 10.1. The van der Waals surface area contributed by atoms with Crippen LogP contribution in [0.3, 0.4) is 0 Å². The van der Waals surface area contributed by atoms with Gasteiger partial charge in [0.25, 0.3) is 0 Å². The van der Waals surface area contributed by atoms with Crippen LogP contribution in [-0.2, 0) is 6.18 Å². The number of halogens is 3. The van der Waals surface area contributed by atoms with Crippen molar-refractivity contribution in [3.8, 4) is 6.07 Å². The molecule has 0 bridgehead atoms. The van der Waals surface area contributed by atoms with E-state index < -0.39 is 11.7 Å². The number of anilines is 1. The summed E-state index contributed by atoms with van der Waals surface area (Å²) >= 11 is 4.88. The number of nitriles is 1. The molecular formula is C12H10F3N3S. The van der Waals surface area contributed by atoms with Crippen LogP contribution < -0.4 is 11.1 Å². The molecule has 3 nitrogen and oxygen atoms in total. The fourth-order valence-corrected chi connectivity index (χ4v) is 1.66. The van der Waals surface area contributed by atoms with Gasteiger partial charge < -0.3 is 11.1 Å². The number of rotatable bonds is 2. The lowest BCUT2D eigenvalue weighted by Gasteiger charge is -2.14. The van der Waals surface area contributed by atoms with Crippen LogP contribution in [0.4, 0.5) is 18.9 Å². The molecule has 0 fully saturated rings. The first kappa shape index (κ1) is 15.0. The van der Waals surface area contributed by atoms with Crippen LogP contribution >= 0.6 is 12.2 Å². The zero-order chi connectivity index (χ0) is 14.6. The summed E-state index contributed by atoms with van der Waals surface area (Å²) in [5, 5.41) is 11.2. The summed E-state index contributed by atoms with van der Waals surface area (Å²) in [6.45, 7) is 1.45. The first-order chi connectivity index (χ1) is 8.77. The van der Waals surface area contributed by atoms with Gasteiger partial charge in [-0.2, -0.15) is 18.4 Å². The Morgan fingerprint density at radius 3 is 2.42 bits per heavy atom. The Morgan fingerprint density at radius 2 is 1.95 bits per heavy atom. The van der Waals surface area contributed by atoms with Gasteiger partial charge >= 0.3 is 6.18 Å². The molecule has 0 aliphatic carbocycles.